The quantitative estimate of drug-likeness (QED) is 0.186. The van der Waals surface area contributed by atoms with Crippen LogP contribution >= 0.6 is 0 Å². The van der Waals surface area contributed by atoms with Gasteiger partial charge in [0.25, 0.3) is 0 Å². The third-order valence-electron chi connectivity index (χ3n) is 5.19. The number of ether oxygens (including phenoxy) is 6. The maximum Gasteiger partial charge on any atom is 0.519 e. The summed E-state index contributed by atoms with van der Waals surface area (Å²) < 4.78 is 33.6. The molecule has 0 aliphatic carbocycles. The molecule has 0 saturated heterocycles. The molecule has 0 heterocycles. The molecule has 0 fully saturated rings. The van der Waals surface area contributed by atoms with Crippen molar-refractivity contribution in [2.24, 2.45) is 0 Å². The van der Waals surface area contributed by atoms with Gasteiger partial charge in [-0.25, -0.2) is 4.79 Å². The number of hydrogen-bond acceptors (Lipinski definition) is 7. The van der Waals surface area contributed by atoms with Crippen LogP contribution < -0.4 is 9.47 Å². The van der Waals surface area contributed by atoms with Gasteiger partial charge in [0, 0.05) is 24.3 Å². The molecule has 2 rings (SSSR count). The lowest BCUT2D eigenvalue weighted by Crippen LogP contribution is -2.18. The molecular weight excluding hydrogens is 436 g/mol. The number of carbonyl (C=O) groups excluding carboxylic acids is 1. The largest absolute Gasteiger partial charge is 0.519 e. The highest BCUT2D eigenvalue weighted by molar-refractivity contribution is 5.68. The molecule has 34 heavy (non-hydrogen) atoms. The maximum absolute atomic E-state index is 12.7. The first-order valence-corrected chi connectivity index (χ1v) is 11.8. The Bertz CT molecular complexity index is 825. The first-order valence-electron chi connectivity index (χ1n) is 11.8. The molecule has 0 spiro atoms. The number of aryl methyl sites for hydroxylation is 2. The summed E-state index contributed by atoms with van der Waals surface area (Å²) >= 11 is 0. The second-order valence-corrected chi connectivity index (χ2v) is 7.96. The van der Waals surface area contributed by atoms with Crippen molar-refractivity contribution in [1.82, 2.24) is 0 Å². The lowest BCUT2D eigenvalue weighted by Gasteiger charge is -2.19. The molecule has 0 aliphatic rings. The lowest BCUT2D eigenvalue weighted by molar-refractivity contribution is 0.0131. The Hall–Kier alpha value is -2.45. The van der Waals surface area contributed by atoms with Crippen molar-refractivity contribution in [2.75, 3.05) is 39.6 Å². The Morgan fingerprint density at radius 1 is 0.706 bits per heavy atom. The summed E-state index contributed by atoms with van der Waals surface area (Å²) in [5.74, 6) is 0.795. The van der Waals surface area contributed by atoms with Crippen LogP contribution in [-0.2, 0) is 18.9 Å². The SMILES string of the molecule is CCOCCOC(C)c1cc(C)ccc1OC(=O)Oc1ccc(C)cc1C(C)OCCOCC. The van der Waals surface area contributed by atoms with Crippen molar-refractivity contribution in [3.63, 3.8) is 0 Å². The molecule has 0 N–H and O–H groups in total. The highest BCUT2D eigenvalue weighted by Gasteiger charge is 2.20. The van der Waals surface area contributed by atoms with E-state index in [0.29, 0.717) is 51.1 Å². The summed E-state index contributed by atoms with van der Waals surface area (Å²) in [5.41, 5.74) is 3.61. The fourth-order valence-corrected chi connectivity index (χ4v) is 3.39. The van der Waals surface area contributed by atoms with Gasteiger partial charge in [-0.2, -0.15) is 0 Å². The molecule has 0 bridgehead atoms. The number of benzene rings is 2. The predicted molar refractivity (Wildman–Crippen MR) is 131 cm³/mol. The highest BCUT2D eigenvalue weighted by Crippen LogP contribution is 2.31. The van der Waals surface area contributed by atoms with Gasteiger partial charge in [0.2, 0.25) is 0 Å². The minimum Gasteiger partial charge on any atom is -0.394 e. The molecule has 188 valence electrons. The van der Waals surface area contributed by atoms with Crippen LogP contribution in [0.15, 0.2) is 36.4 Å². The van der Waals surface area contributed by atoms with Gasteiger partial charge < -0.3 is 28.4 Å². The van der Waals surface area contributed by atoms with Crippen LogP contribution in [0.5, 0.6) is 11.5 Å². The summed E-state index contributed by atoms with van der Waals surface area (Å²) in [7, 11) is 0. The summed E-state index contributed by atoms with van der Waals surface area (Å²) in [4.78, 5) is 12.7. The first-order chi connectivity index (χ1) is 16.3. The Morgan fingerprint density at radius 3 is 1.50 bits per heavy atom. The molecule has 0 saturated carbocycles. The fourth-order valence-electron chi connectivity index (χ4n) is 3.39. The van der Waals surface area contributed by atoms with Crippen molar-refractivity contribution in [3.8, 4) is 11.5 Å². The van der Waals surface area contributed by atoms with E-state index < -0.39 is 6.16 Å². The first kappa shape index (κ1) is 27.8. The van der Waals surface area contributed by atoms with E-state index in [1.807, 2.05) is 65.8 Å². The number of rotatable bonds is 14. The van der Waals surface area contributed by atoms with Crippen molar-refractivity contribution in [2.45, 2.75) is 53.8 Å². The summed E-state index contributed by atoms with van der Waals surface area (Å²) in [6, 6.07) is 11.2. The average Bonchev–Trinajstić information content (AvgIpc) is 2.81. The van der Waals surface area contributed by atoms with Crippen molar-refractivity contribution in [3.05, 3.63) is 58.7 Å². The van der Waals surface area contributed by atoms with E-state index in [1.165, 1.54) is 0 Å². The lowest BCUT2D eigenvalue weighted by atomic mass is 10.1. The van der Waals surface area contributed by atoms with E-state index in [-0.39, 0.29) is 12.2 Å². The molecule has 2 aromatic carbocycles. The molecule has 7 nitrogen and oxygen atoms in total. The molecular formula is C27H38O7. The highest BCUT2D eigenvalue weighted by atomic mass is 16.7. The standard InChI is InChI=1S/C27H38O7/c1-7-29-13-15-31-21(5)23-17-19(3)9-11-25(23)33-27(28)34-26-12-10-20(4)18-24(26)22(6)32-16-14-30-8-2/h9-12,17-18,21-22H,7-8,13-16H2,1-6H3. The summed E-state index contributed by atoms with van der Waals surface area (Å²) in [6.45, 7) is 14.8. The zero-order chi connectivity index (χ0) is 24.9. The van der Waals surface area contributed by atoms with Crippen molar-refractivity contribution >= 4 is 6.16 Å². The van der Waals surface area contributed by atoms with Gasteiger partial charge in [-0.3, -0.25) is 0 Å². The van der Waals surface area contributed by atoms with Gasteiger partial charge in [0.05, 0.1) is 38.6 Å². The second-order valence-electron chi connectivity index (χ2n) is 7.96. The van der Waals surface area contributed by atoms with Gasteiger partial charge in [0.15, 0.2) is 0 Å². The predicted octanol–water partition coefficient (Wildman–Crippen LogP) is 6.11. The molecule has 2 aromatic rings. The smallest absolute Gasteiger partial charge is 0.394 e. The van der Waals surface area contributed by atoms with Gasteiger partial charge in [-0.15, -0.1) is 0 Å². The monoisotopic (exact) mass is 474 g/mol. The molecule has 0 amide bonds. The van der Waals surface area contributed by atoms with E-state index >= 15 is 0 Å². The normalized spacial score (nSPS) is 12.9. The van der Waals surface area contributed by atoms with Crippen LogP contribution in [0.4, 0.5) is 4.79 Å². The van der Waals surface area contributed by atoms with Gasteiger partial charge in [-0.1, -0.05) is 23.3 Å². The van der Waals surface area contributed by atoms with Crippen LogP contribution in [0.2, 0.25) is 0 Å². The molecule has 0 aromatic heterocycles. The summed E-state index contributed by atoms with van der Waals surface area (Å²) in [6.07, 6.45) is -1.38. The molecule has 0 radical (unpaired) electrons. The third-order valence-corrected chi connectivity index (χ3v) is 5.19. The zero-order valence-electron chi connectivity index (χ0n) is 21.2. The zero-order valence-corrected chi connectivity index (χ0v) is 21.2. The van der Waals surface area contributed by atoms with Crippen LogP contribution in [-0.4, -0.2) is 45.8 Å². The van der Waals surface area contributed by atoms with E-state index in [0.717, 1.165) is 22.3 Å². The minimum atomic E-state index is -0.821. The van der Waals surface area contributed by atoms with E-state index in [9.17, 15) is 4.79 Å². The maximum atomic E-state index is 12.7. The third kappa shape index (κ3) is 9.06. The Morgan fingerprint density at radius 2 is 1.12 bits per heavy atom. The number of carbonyl (C=O) groups is 1. The van der Waals surface area contributed by atoms with Gasteiger partial charge in [-0.05, 0) is 65.8 Å². The Balaban J connectivity index is 2.10. The molecule has 0 aliphatic heterocycles. The van der Waals surface area contributed by atoms with Crippen molar-refractivity contribution < 1.29 is 33.2 Å². The van der Waals surface area contributed by atoms with Crippen LogP contribution in [0.25, 0.3) is 0 Å². The minimum absolute atomic E-state index is 0.281. The van der Waals surface area contributed by atoms with Gasteiger partial charge in [0.1, 0.15) is 11.5 Å². The van der Waals surface area contributed by atoms with E-state index in [2.05, 4.69) is 0 Å². The van der Waals surface area contributed by atoms with Crippen LogP contribution in [0.1, 0.15) is 62.2 Å². The van der Waals surface area contributed by atoms with Crippen molar-refractivity contribution in [1.29, 1.82) is 0 Å². The molecule has 2 unspecified atom stereocenters. The van der Waals surface area contributed by atoms with E-state index in [4.69, 9.17) is 28.4 Å². The summed E-state index contributed by atoms with van der Waals surface area (Å²) in [5, 5.41) is 0. The number of hydrogen-bond donors (Lipinski definition) is 0. The topological polar surface area (TPSA) is 72.5 Å². The molecule has 7 heteroatoms. The molecule has 2 atom stereocenters. The van der Waals surface area contributed by atoms with E-state index in [1.54, 1.807) is 12.1 Å². The Labute approximate surface area is 203 Å². The van der Waals surface area contributed by atoms with Crippen LogP contribution in [0.3, 0.4) is 0 Å². The Kier molecular flexibility index (Phi) is 12.0. The van der Waals surface area contributed by atoms with Crippen LogP contribution in [0, 0.1) is 13.8 Å². The average molecular weight is 475 g/mol. The fraction of sp³-hybridized carbons (Fsp3) is 0.519. The van der Waals surface area contributed by atoms with Gasteiger partial charge >= 0.3 is 6.16 Å². The second kappa shape index (κ2) is 14.7.